The molecule has 6 atom stereocenters. The number of ether oxygens (including phenoxy) is 2. The Morgan fingerprint density at radius 3 is 2.62 bits per heavy atom. The smallest absolute Gasteiger partial charge is 0.311 e. The van der Waals surface area contributed by atoms with Gasteiger partial charge in [-0.2, -0.15) is 0 Å². The fraction of sp³-hybridized carbons (Fsp3) is 0.938. The zero-order valence-electron chi connectivity index (χ0n) is 13.5. The van der Waals surface area contributed by atoms with Gasteiger partial charge in [0.2, 0.25) is 0 Å². The van der Waals surface area contributed by atoms with Gasteiger partial charge in [-0.1, -0.05) is 27.2 Å². The third-order valence-electron chi connectivity index (χ3n) is 4.97. The molecule has 5 nitrogen and oxygen atoms in total. The number of carbonyl (C=O) groups excluding carboxylic acids is 1. The first-order chi connectivity index (χ1) is 10.0. The molecule has 5 heteroatoms. The second kappa shape index (κ2) is 7.56. The fourth-order valence-corrected chi connectivity index (χ4v) is 3.60. The Morgan fingerprint density at radius 2 is 1.90 bits per heavy atom. The van der Waals surface area contributed by atoms with Crippen molar-refractivity contribution in [2.75, 3.05) is 6.79 Å². The molecule has 1 saturated carbocycles. The summed E-state index contributed by atoms with van der Waals surface area (Å²) in [6.07, 6.45) is 3.68. The fourth-order valence-electron chi connectivity index (χ4n) is 3.60. The molecule has 1 aliphatic heterocycles. The van der Waals surface area contributed by atoms with Crippen molar-refractivity contribution in [1.29, 1.82) is 0 Å². The predicted octanol–water partition coefficient (Wildman–Crippen LogP) is 3.28. The first-order valence-corrected chi connectivity index (χ1v) is 8.15. The monoisotopic (exact) mass is 300 g/mol. The molecule has 0 amide bonds. The molecule has 0 aromatic heterocycles. The predicted molar refractivity (Wildman–Crippen MR) is 76.9 cm³/mol. The lowest BCUT2D eigenvalue weighted by Crippen LogP contribution is -2.46. The summed E-state index contributed by atoms with van der Waals surface area (Å²) in [5, 5.41) is 0. The average Bonchev–Trinajstić information content (AvgIpc) is 2.46. The second-order valence-electron chi connectivity index (χ2n) is 6.43. The number of hydrogen-bond acceptors (Lipinski definition) is 5. The van der Waals surface area contributed by atoms with Crippen LogP contribution in [0, 0.1) is 23.7 Å². The minimum absolute atomic E-state index is 0.0691. The molecule has 1 aliphatic carbocycles. The van der Waals surface area contributed by atoms with Crippen LogP contribution in [-0.4, -0.2) is 25.2 Å². The SMILES string of the molecule is CCC[C@@H]1[C@H]2OOC(C)OCOC(=O)[C@H](C)[C@@H]2CC[C@H]1C. The lowest BCUT2D eigenvalue weighted by molar-refractivity contribution is -0.420. The Kier molecular flexibility index (Phi) is 6.02. The van der Waals surface area contributed by atoms with Crippen molar-refractivity contribution in [2.24, 2.45) is 23.7 Å². The molecule has 122 valence electrons. The second-order valence-corrected chi connectivity index (χ2v) is 6.43. The average molecular weight is 300 g/mol. The Bertz CT molecular complexity index is 346. The van der Waals surface area contributed by atoms with E-state index in [0.717, 1.165) is 25.7 Å². The molecule has 2 rings (SSSR count). The summed E-state index contributed by atoms with van der Waals surface area (Å²) in [6.45, 7) is 8.03. The van der Waals surface area contributed by atoms with Crippen molar-refractivity contribution in [3.05, 3.63) is 0 Å². The van der Waals surface area contributed by atoms with Gasteiger partial charge in [0.1, 0.15) is 0 Å². The molecule has 0 aromatic carbocycles. The minimum Gasteiger partial charge on any atom is -0.438 e. The molecule has 2 fully saturated rings. The Balaban J connectivity index is 2.19. The first kappa shape index (κ1) is 16.7. The summed E-state index contributed by atoms with van der Waals surface area (Å²) >= 11 is 0. The van der Waals surface area contributed by atoms with Gasteiger partial charge in [0, 0.05) is 5.92 Å². The highest BCUT2D eigenvalue weighted by molar-refractivity contribution is 5.72. The summed E-state index contributed by atoms with van der Waals surface area (Å²) in [4.78, 5) is 23.3. The number of rotatable bonds is 2. The topological polar surface area (TPSA) is 54.0 Å². The number of fused-ring (bicyclic) bond motifs is 1. The van der Waals surface area contributed by atoms with Gasteiger partial charge >= 0.3 is 5.97 Å². The molecule has 1 unspecified atom stereocenters. The van der Waals surface area contributed by atoms with Gasteiger partial charge in [-0.3, -0.25) is 4.79 Å². The highest BCUT2D eigenvalue weighted by atomic mass is 17.2. The quantitative estimate of drug-likeness (QED) is 0.578. The maximum atomic E-state index is 12.1. The maximum Gasteiger partial charge on any atom is 0.311 e. The highest BCUT2D eigenvalue weighted by Gasteiger charge is 2.44. The van der Waals surface area contributed by atoms with Gasteiger partial charge < -0.3 is 9.47 Å². The summed E-state index contributed by atoms with van der Waals surface area (Å²) in [7, 11) is 0. The molecular formula is C16H28O5. The van der Waals surface area contributed by atoms with Crippen LogP contribution in [0.15, 0.2) is 0 Å². The zero-order valence-corrected chi connectivity index (χ0v) is 13.5. The van der Waals surface area contributed by atoms with E-state index < -0.39 is 6.29 Å². The normalized spacial score (nSPS) is 42.0. The van der Waals surface area contributed by atoms with E-state index in [2.05, 4.69) is 13.8 Å². The Labute approximate surface area is 127 Å². The lowest BCUT2D eigenvalue weighted by Gasteiger charge is -2.43. The summed E-state index contributed by atoms with van der Waals surface area (Å²) in [6, 6.07) is 0. The van der Waals surface area contributed by atoms with Gasteiger partial charge in [-0.15, -0.1) is 0 Å². The van der Waals surface area contributed by atoms with Gasteiger partial charge in [0.15, 0.2) is 13.1 Å². The van der Waals surface area contributed by atoms with Crippen molar-refractivity contribution in [2.45, 2.75) is 65.8 Å². The van der Waals surface area contributed by atoms with Crippen molar-refractivity contribution in [1.82, 2.24) is 0 Å². The van der Waals surface area contributed by atoms with E-state index in [1.807, 2.05) is 6.92 Å². The van der Waals surface area contributed by atoms with Crippen LogP contribution in [0.3, 0.4) is 0 Å². The molecule has 0 N–H and O–H groups in total. The van der Waals surface area contributed by atoms with Crippen LogP contribution in [0.4, 0.5) is 0 Å². The van der Waals surface area contributed by atoms with Crippen LogP contribution in [0.2, 0.25) is 0 Å². The number of cyclic esters (lactones) is 1. The largest absolute Gasteiger partial charge is 0.438 e. The van der Waals surface area contributed by atoms with Gasteiger partial charge in [0.25, 0.3) is 0 Å². The van der Waals surface area contributed by atoms with E-state index in [1.54, 1.807) is 6.92 Å². The van der Waals surface area contributed by atoms with E-state index >= 15 is 0 Å². The summed E-state index contributed by atoms with van der Waals surface area (Å²) in [5.41, 5.74) is 0. The number of carbonyl (C=O) groups is 1. The zero-order chi connectivity index (χ0) is 15.4. The Hall–Kier alpha value is -0.650. The molecule has 2 aliphatic rings. The van der Waals surface area contributed by atoms with Crippen molar-refractivity contribution in [3.63, 3.8) is 0 Å². The molecule has 21 heavy (non-hydrogen) atoms. The molecule has 1 heterocycles. The van der Waals surface area contributed by atoms with Crippen LogP contribution in [0.25, 0.3) is 0 Å². The maximum absolute atomic E-state index is 12.1. The van der Waals surface area contributed by atoms with Crippen LogP contribution >= 0.6 is 0 Å². The molecule has 0 radical (unpaired) electrons. The summed E-state index contributed by atoms with van der Waals surface area (Å²) < 4.78 is 10.4. The molecule has 0 spiro atoms. The summed E-state index contributed by atoms with van der Waals surface area (Å²) in [5.74, 6) is 0.748. The van der Waals surface area contributed by atoms with E-state index in [1.165, 1.54) is 0 Å². The van der Waals surface area contributed by atoms with Gasteiger partial charge in [-0.25, -0.2) is 9.78 Å². The van der Waals surface area contributed by atoms with Crippen LogP contribution in [-0.2, 0) is 24.0 Å². The van der Waals surface area contributed by atoms with E-state index in [4.69, 9.17) is 19.2 Å². The minimum atomic E-state index is -0.536. The van der Waals surface area contributed by atoms with E-state index in [9.17, 15) is 4.79 Å². The van der Waals surface area contributed by atoms with Crippen molar-refractivity contribution >= 4 is 5.97 Å². The molecule has 1 saturated heterocycles. The Morgan fingerprint density at radius 1 is 1.14 bits per heavy atom. The van der Waals surface area contributed by atoms with Crippen LogP contribution in [0.5, 0.6) is 0 Å². The number of esters is 1. The lowest BCUT2D eigenvalue weighted by atomic mass is 9.67. The molecule has 0 aromatic rings. The third-order valence-corrected chi connectivity index (χ3v) is 4.97. The van der Waals surface area contributed by atoms with Crippen LogP contribution < -0.4 is 0 Å². The van der Waals surface area contributed by atoms with Gasteiger partial charge in [-0.05, 0) is 38.0 Å². The van der Waals surface area contributed by atoms with Crippen LogP contribution in [0.1, 0.15) is 53.4 Å². The standard InChI is InChI=1S/C16H28O5/c1-5-6-13-10(2)7-8-14-11(3)16(17)19-9-18-12(4)20-21-15(13)14/h10-15H,5-9H2,1-4H3/t10-,11-,12?,13+,14+,15-/m1/s1. The van der Waals surface area contributed by atoms with Crippen molar-refractivity contribution in [3.8, 4) is 0 Å². The molecular weight excluding hydrogens is 272 g/mol. The van der Waals surface area contributed by atoms with E-state index in [-0.39, 0.29) is 30.7 Å². The van der Waals surface area contributed by atoms with Crippen molar-refractivity contribution < 1.29 is 24.0 Å². The van der Waals surface area contributed by atoms with Gasteiger partial charge in [0.05, 0.1) is 12.0 Å². The highest BCUT2D eigenvalue weighted by Crippen LogP contribution is 2.42. The third kappa shape index (κ3) is 3.96. The number of hydrogen-bond donors (Lipinski definition) is 0. The van der Waals surface area contributed by atoms with E-state index in [0.29, 0.717) is 11.8 Å². The molecule has 0 bridgehead atoms. The first-order valence-electron chi connectivity index (χ1n) is 8.15.